The molecule has 3 aromatic rings. The number of rotatable bonds is 4. The Kier molecular flexibility index (Phi) is 3.93. The molecule has 0 bridgehead atoms. The van der Waals surface area contributed by atoms with Crippen molar-refractivity contribution in [2.45, 2.75) is 17.4 Å². The van der Waals surface area contributed by atoms with Gasteiger partial charge in [-0.2, -0.15) is 0 Å². The van der Waals surface area contributed by atoms with Crippen LogP contribution in [0.2, 0.25) is 0 Å². The second-order valence-electron chi connectivity index (χ2n) is 6.56. The van der Waals surface area contributed by atoms with Crippen LogP contribution in [0, 0.1) is 0 Å². The predicted molar refractivity (Wildman–Crippen MR) is 101 cm³/mol. The van der Waals surface area contributed by atoms with Gasteiger partial charge in [0.1, 0.15) is 5.54 Å². The summed E-state index contributed by atoms with van der Waals surface area (Å²) in [5.74, 6) is -0.241. The number of pyridine rings is 1. The van der Waals surface area contributed by atoms with Gasteiger partial charge >= 0.3 is 0 Å². The standard InChI is InChI=1S/C18H18N4O4S/c1-18(11-26-2)17(23)20-14-10-19-16-13(15(14)21-18)8-9-22(16)27(24,25)12-6-4-3-5-7-12/h3-10,21H,11H2,1-2H3,(H,20,23)/t18-/m0/s1. The van der Waals surface area contributed by atoms with Crippen molar-refractivity contribution in [2.75, 3.05) is 24.4 Å². The summed E-state index contributed by atoms with van der Waals surface area (Å²) in [6.07, 6.45) is 2.91. The average molecular weight is 386 g/mol. The molecule has 2 N–H and O–H groups in total. The third-order valence-electron chi connectivity index (χ3n) is 4.56. The highest BCUT2D eigenvalue weighted by molar-refractivity contribution is 7.90. The number of hydrogen-bond acceptors (Lipinski definition) is 6. The van der Waals surface area contributed by atoms with E-state index < -0.39 is 15.6 Å². The van der Waals surface area contributed by atoms with Gasteiger partial charge in [0.15, 0.2) is 5.65 Å². The smallest absolute Gasteiger partial charge is 0.269 e. The Labute approximate surface area is 156 Å². The van der Waals surface area contributed by atoms with Crippen molar-refractivity contribution in [3.63, 3.8) is 0 Å². The quantitative estimate of drug-likeness (QED) is 0.711. The zero-order valence-corrected chi connectivity index (χ0v) is 15.6. The number of hydrogen-bond donors (Lipinski definition) is 2. The van der Waals surface area contributed by atoms with Gasteiger partial charge < -0.3 is 15.4 Å². The zero-order chi connectivity index (χ0) is 19.2. The number of aromatic nitrogens is 2. The summed E-state index contributed by atoms with van der Waals surface area (Å²) in [4.78, 5) is 16.8. The molecule has 140 valence electrons. The summed E-state index contributed by atoms with van der Waals surface area (Å²) in [5.41, 5.74) is 0.411. The van der Waals surface area contributed by atoms with E-state index >= 15 is 0 Å². The van der Waals surface area contributed by atoms with Crippen molar-refractivity contribution in [3.05, 3.63) is 48.8 Å². The van der Waals surface area contributed by atoms with E-state index in [1.807, 2.05) is 0 Å². The third-order valence-corrected chi connectivity index (χ3v) is 6.24. The fraction of sp³-hybridized carbons (Fsp3) is 0.222. The summed E-state index contributed by atoms with van der Waals surface area (Å²) >= 11 is 0. The monoisotopic (exact) mass is 386 g/mol. The maximum absolute atomic E-state index is 13.0. The zero-order valence-electron chi connectivity index (χ0n) is 14.8. The number of nitrogens with zero attached hydrogens (tertiary/aromatic N) is 2. The maximum atomic E-state index is 13.0. The Bertz CT molecular complexity index is 1140. The number of carbonyl (C=O) groups is 1. The van der Waals surface area contributed by atoms with Gasteiger partial charge in [-0.3, -0.25) is 4.79 Å². The lowest BCUT2D eigenvalue weighted by molar-refractivity contribution is -0.121. The Morgan fingerprint density at radius 2 is 1.96 bits per heavy atom. The molecule has 8 nitrogen and oxygen atoms in total. The van der Waals surface area contributed by atoms with Crippen LogP contribution in [0.15, 0.2) is 53.7 Å². The first-order valence-electron chi connectivity index (χ1n) is 8.26. The van der Waals surface area contributed by atoms with Crippen molar-refractivity contribution in [3.8, 4) is 0 Å². The number of amides is 1. The Morgan fingerprint density at radius 3 is 2.67 bits per heavy atom. The lowest BCUT2D eigenvalue weighted by Gasteiger charge is -2.35. The minimum absolute atomic E-state index is 0.158. The fourth-order valence-electron chi connectivity index (χ4n) is 3.18. The second kappa shape index (κ2) is 6.07. The van der Waals surface area contributed by atoms with Crippen LogP contribution in [0.3, 0.4) is 0 Å². The summed E-state index contributed by atoms with van der Waals surface area (Å²) in [6, 6.07) is 9.83. The van der Waals surface area contributed by atoms with E-state index in [2.05, 4.69) is 15.6 Å². The molecule has 0 aliphatic carbocycles. The average Bonchev–Trinajstić information content (AvgIpc) is 3.09. The molecule has 3 heterocycles. The molecule has 0 spiro atoms. The fourth-order valence-corrected chi connectivity index (χ4v) is 4.50. The highest BCUT2D eigenvalue weighted by Crippen LogP contribution is 2.37. The van der Waals surface area contributed by atoms with E-state index in [9.17, 15) is 13.2 Å². The minimum atomic E-state index is -3.78. The summed E-state index contributed by atoms with van der Waals surface area (Å²) in [6.45, 7) is 1.88. The number of carbonyl (C=O) groups excluding carboxylic acids is 1. The van der Waals surface area contributed by atoms with Crippen LogP contribution in [0.1, 0.15) is 6.92 Å². The van der Waals surface area contributed by atoms with Gasteiger partial charge in [-0.05, 0) is 25.1 Å². The van der Waals surface area contributed by atoms with Gasteiger partial charge in [-0.1, -0.05) is 18.2 Å². The molecular weight excluding hydrogens is 368 g/mol. The Balaban J connectivity index is 1.87. The first-order chi connectivity index (χ1) is 12.9. The number of anilines is 2. The number of nitrogens with one attached hydrogen (secondary N) is 2. The molecule has 1 aromatic carbocycles. The van der Waals surface area contributed by atoms with E-state index in [0.29, 0.717) is 16.8 Å². The molecule has 1 aliphatic heterocycles. The molecule has 9 heteroatoms. The molecule has 0 radical (unpaired) electrons. The molecule has 0 unspecified atom stereocenters. The van der Waals surface area contributed by atoms with Crippen LogP contribution in [0.25, 0.3) is 11.0 Å². The maximum Gasteiger partial charge on any atom is 0.269 e. The largest absolute Gasteiger partial charge is 0.382 e. The number of fused-ring (bicyclic) bond motifs is 3. The van der Waals surface area contributed by atoms with Crippen LogP contribution in [0.5, 0.6) is 0 Å². The lowest BCUT2D eigenvalue weighted by Crippen LogP contribution is -2.53. The van der Waals surface area contributed by atoms with Crippen LogP contribution in [0.4, 0.5) is 11.4 Å². The van der Waals surface area contributed by atoms with E-state index in [4.69, 9.17) is 4.74 Å². The van der Waals surface area contributed by atoms with Gasteiger partial charge in [0.25, 0.3) is 15.9 Å². The van der Waals surface area contributed by atoms with Gasteiger partial charge in [-0.15, -0.1) is 0 Å². The molecule has 0 saturated heterocycles. The molecule has 0 fully saturated rings. The number of benzene rings is 1. The summed E-state index contributed by atoms with van der Waals surface area (Å²) < 4.78 is 32.2. The van der Waals surface area contributed by atoms with E-state index in [0.717, 1.165) is 3.97 Å². The molecule has 4 rings (SSSR count). The van der Waals surface area contributed by atoms with Crippen molar-refractivity contribution in [2.24, 2.45) is 0 Å². The predicted octanol–water partition coefficient (Wildman–Crippen LogP) is 2.04. The molecule has 2 aromatic heterocycles. The van der Waals surface area contributed by atoms with E-state index in [-0.39, 0.29) is 23.1 Å². The van der Waals surface area contributed by atoms with Crippen LogP contribution >= 0.6 is 0 Å². The summed E-state index contributed by atoms with van der Waals surface area (Å²) in [5, 5.41) is 6.58. The van der Waals surface area contributed by atoms with Crippen LogP contribution < -0.4 is 10.6 Å². The molecule has 27 heavy (non-hydrogen) atoms. The van der Waals surface area contributed by atoms with Crippen molar-refractivity contribution < 1.29 is 17.9 Å². The number of ether oxygens (including phenoxy) is 1. The van der Waals surface area contributed by atoms with Crippen molar-refractivity contribution in [1.29, 1.82) is 0 Å². The van der Waals surface area contributed by atoms with E-state index in [1.165, 1.54) is 31.6 Å². The minimum Gasteiger partial charge on any atom is -0.382 e. The van der Waals surface area contributed by atoms with Crippen LogP contribution in [-0.4, -0.2) is 42.5 Å². The topological polar surface area (TPSA) is 102 Å². The van der Waals surface area contributed by atoms with Gasteiger partial charge in [0.05, 0.1) is 29.1 Å². The Hall–Kier alpha value is -2.91. The summed E-state index contributed by atoms with van der Waals surface area (Å²) in [7, 11) is -2.27. The highest BCUT2D eigenvalue weighted by Gasteiger charge is 2.39. The third kappa shape index (κ3) is 2.66. The van der Waals surface area contributed by atoms with Crippen molar-refractivity contribution >= 4 is 38.3 Å². The highest BCUT2D eigenvalue weighted by atomic mass is 32.2. The first-order valence-corrected chi connectivity index (χ1v) is 9.70. The SMILES string of the molecule is COC[C@]1(C)Nc2c(cnc3c2ccn3S(=O)(=O)c2ccccc2)NC1=O. The normalized spacial score (nSPS) is 19.4. The van der Waals surface area contributed by atoms with E-state index in [1.54, 1.807) is 31.2 Å². The first kappa shape index (κ1) is 17.5. The molecule has 1 amide bonds. The van der Waals surface area contributed by atoms with Gasteiger partial charge in [0, 0.05) is 18.7 Å². The van der Waals surface area contributed by atoms with Gasteiger partial charge in [-0.25, -0.2) is 17.4 Å². The molecule has 1 atom stereocenters. The second-order valence-corrected chi connectivity index (χ2v) is 8.37. The molecule has 0 saturated carbocycles. The number of methoxy groups -OCH3 is 1. The lowest BCUT2D eigenvalue weighted by atomic mass is 9.98. The van der Waals surface area contributed by atoms with Crippen LogP contribution in [-0.2, 0) is 19.6 Å². The Morgan fingerprint density at radius 1 is 1.22 bits per heavy atom. The van der Waals surface area contributed by atoms with Crippen molar-refractivity contribution in [1.82, 2.24) is 8.96 Å². The van der Waals surface area contributed by atoms with Gasteiger partial charge in [0.2, 0.25) is 0 Å². The molecular formula is C18H18N4O4S. The molecule has 1 aliphatic rings.